The van der Waals surface area contributed by atoms with Crippen LogP contribution >= 0.6 is 11.8 Å². The molecule has 0 aliphatic heterocycles. The first-order valence-corrected chi connectivity index (χ1v) is 10.5. The summed E-state index contributed by atoms with van der Waals surface area (Å²) in [6.07, 6.45) is -4.60. The molecule has 0 aliphatic rings. The van der Waals surface area contributed by atoms with Gasteiger partial charge >= 0.3 is 12.2 Å². The average molecular weight is 480 g/mol. The molecule has 0 unspecified atom stereocenters. The molecule has 3 rings (SSSR count). The molecule has 2 aromatic carbocycles. The molecule has 12 heteroatoms. The Hall–Kier alpha value is -3.54. The highest BCUT2D eigenvalue weighted by Gasteiger charge is 2.28. The number of hydrogen-bond acceptors (Lipinski definition) is 6. The molecule has 3 amide bonds. The molecule has 8 nitrogen and oxygen atoms in total. The topological polar surface area (TPSA) is 102 Å². The van der Waals surface area contributed by atoms with Gasteiger partial charge in [0.1, 0.15) is 12.3 Å². The largest absolute Gasteiger partial charge is 0.497 e. The number of para-hydroxylation sites is 1. The number of methoxy groups -OCH3 is 1. The Labute approximate surface area is 190 Å². The smallest absolute Gasteiger partial charge is 0.405 e. The zero-order valence-corrected chi connectivity index (χ0v) is 18.1. The van der Waals surface area contributed by atoms with E-state index in [9.17, 15) is 27.6 Å². The van der Waals surface area contributed by atoms with E-state index in [4.69, 9.17) is 4.74 Å². The van der Waals surface area contributed by atoms with Gasteiger partial charge in [0.05, 0.1) is 30.3 Å². The van der Waals surface area contributed by atoms with Gasteiger partial charge in [0, 0.05) is 0 Å². The lowest BCUT2D eigenvalue weighted by atomic mass is 10.2. The summed E-state index contributed by atoms with van der Waals surface area (Å²) in [5.41, 5.74) is 0.898. The summed E-state index contributed by atoms with van der Waals surface area (Å²) >= 11 is 0.890. The summed E-state index contributed by atoms with van der Waals surface area (Å²) in [6.45, 7) is -1.40. The van der Waals surface area contributed by atoms with E-state index in [1.165, 1.54) is 11.7 Å². The second-order valence-corrected chi connectivity index (χ2v) is 7.73. The number of aromatic nitrogens is 2. The molecule has 0 saturated heterocycles. The Morgan fingerprint density at radius 1 is 1.12 bits per heavy atom. The normalized spacial score (nSPS) is 11.3. The van der Waals surface area contributed by atoms with Gasteiger partial charge in [-0.15, -0.1) is 0 Å². The van der Waals surface area contributed by atoms with E-state index in [2.05, 4.69) is 4.98 Å². The quantitative estimate of drug-likeness (QED) is 0.398. The van der Waals surface area contributed by atoms with Crippen LogP contribution in [0.25, 0.3) is 10.9 Å². The minimum Gasteiger partial charge on any atom is -0.497 e. The minimum atomic E-state index is -4.60. The molecular weight excluding hydrogens is 461 g/mol. The minimum absolute atomic E-state index is 0.163. The van der Waals surface area contributed by atoms with Crippen LogP contribution in [0.4, 0.5) is 18.0 Å². The van der Waals surface area contributed by atoms with Crippen molar-refractivity contribution >= 4 is 34.6 Å². The maximum absolute atomic E-state index is 13.1. The average Bonchev–Trinajstić information content (AvgIpc) is 2.78. The number of carbonyl (C=O) groups is 2. The lowest BCUT2D eigenvalue weighted by Gasteiger charge is -2.14. The predicted molar refractivity (Wildman–Crippen MR) is 116 cm³/mol. The highest BCUT2D eigenvalue weighted by atomic mass is 32.2. The molecule has 33 heavy (non-hydrogen) atoms. The number of urea groups is 1. The monoisotopic (exact) mass is 480 g/mol. The van der Waals surface area contributed by atoms with Gasteiger partial charge in [-0.05, 0) is 29.8 Å². The van der Waals surface area contributed by atoms with Crippen molar-refractivity contribution < 1.29 is 27.5 Å². The fraction of sp³-hybridized carbons (Fsp3) is 0.238. The summed E-state index contributed by atoms with van der Waals surface area (Å²) in [4.78, 5) is 41.1. The zero-order chi connectivity index (χ0) is 24.0. The van der Waals surface area contributed by atoms with Crippen LogP contribution < -0.4 is 20.9 Å². The summed E-state index contributed by atoms with van der Waals surface area (Å²) in [7, 11) is 1.54. The van der Waals surface area contributed by atoms with E-state index < -0.39 is 24.7 Å². The molecule has 1 aromatic heterocycles. The van der Waals surface area contributed by atoms with Gasteiger partial charge in [-0.3, -0.25) is 19.5 Å². The van der Waals surface area contributed by atoms with Gasteiger partial charge < -0.3 is 10.1 Å². The molecule has 0 bridgehead atoms. The first-order chi connectivity index (χ1) is 15.7. The Bertz CT molecular complexity index is 1210. The molecule has 0 saturated carbocycles. The number of ether oxygens (including phenoxy) is 1. The van der Waals surface area contributed by atoms with Crippen LogP contribution in [-0.2, 0) is 11.3 Å². The van der Waals surface area contributed by atoms with Crippen molar-refractivity contribution in [1.29, 1.82) is 0 Å². The van der Waals surface area contributed by atoms with Gasteiger partial charge in [-0.2, -0.15) is 13.2 Å². The third kappa shape index (κ3) is 6.72. The molecule has 0 fully saturated rings. The summed E-state index contributed by atoms with van der Waals surface area (Å²) in [5.74, 6) is -0.525. The molecular formula is C21H19F3N4O4S. The van der Waals surface area contributed by atoms with E-state index in [-0.39, 0.29) is 23.0 Å². The van der Waals surface area contributed by atoms with Gasteiger partial charge in [-0.25, -0.2) is 9.78 Å². The highest BCUT2D eigenvalue weighted by Crippen LogP contribution is 2.20. The Morgan fingerprint density at radius 2 is 1.82 bits per heavy atom. The third-order valence-electron chi connectivity index (χ3n) is 4.36. The van der Waals surface area contributed by atoms with E-state index in [1.54, 1.807) is 53.8 Å². The highest BCUT2D eigenvalue weighted by molar-refractivity contribution is 7.99. The number of nitrogens with one attached hydrogen (secondary N) is 2. The van der Waals surface area contributed by atoms with Crippen LogP contribution in [0.5, 0.6) is 5.75 Å². The summed E-state index contributed by atoms with van der Waals surface area (Å²) < 4.78 is 43.1. The number of alkyl halides is 3. The Morgan fingerprint density at radius 3 is 2.48 bits per heavy atom. The second kappa shape index (κ2) is 10.4. The number of nitrogens with zero attached hydrogens (tertiary/aromatic N) is 2. The molecule has 0 radical (unpaired) electrons. The van der Waals surface area contributed by atoms with Crippen LogP contribution in [0.3, 0.4) is 0 Å². The predicted octanol–water partition coefficient (Wildman–Crippen LogP) is 2.93. The molecule has 2 N–H and O–H groups in total. The molecule has 0 atom stereocenters. The molecule has 0 spiro atoms. The van der Waals surface area contributed by atoms with E-state index in [0.717, 1.165) is 17.3 Å². The summed E-state index contributed by atoms with van der Waals surface area (Å²) in [5, 5.41) is 3.99. The Balaban J connectivity index is 1.79. The number of amides is 3. The lowest BCUT2D eigenvalue weighted by Crippen LogP contribution is -2.44. The van der Waals surface area contributed by atoms with Crippen LogP contribution in [-0.4, -0.2) is 47.1 Å². The fourth-order valence-electron chi connectivity index (χ4n) is 2.83. The third-order valence-corrected chi connectivity index (χ3v) is 5.34. The first-order valence-electron chi connectivity index (χ1n) is 9.56. The Kier molecular flexibility index (Phi) is 7.59. The standard InChI is InChI=1S/C21H19F3N4O4S/c1-32-14-8-6-13(7-9-14)10-28-18(30)15-4-2-3-5-16(15)26-20(28)33-11-17(29)27-19(31)25-12-21(22,23)24/h2-9H,10-12H2,1H3,(H2,25,27,29,31). The maximum atomic E-state index is 13.1. The van der Waals surface area contributed by atoms with E-state index in [1.807, 2.05) is 5.32 Å². The molecule has 0 aliphatic carbocycles. The van der Waals surface area contributed by atoms with Crippen molar-refractivity contribution in [1.82, 2.24) is 20.2 Å². The fourth-order valence-corrected chi connectivity index (χ4v) is 3.63. The number of rotatable bonds is 7. The van der Waals surface area contributed by atoms with Gasteiger partial charge in [0.25, 0.3) is 5.56 Å². The van der Waals surface area contributed by atoms with Crippen molar-refractivity contribution in [2.24, 2.45) is 0 Å². The second-order valence-electron chi connectivity index (χ2n) is 6.79. The number of halogens is 3. The van der Waals surface area contributed by atoms with Crippen LogP contribution in [0.15, 0.2) is 58.5 Å². The lowest BCUT2D eigenvalue weighted by molar-refractivity contribution is -0.124. The van der Waals surface area contributed by atoms with Crippen molar-refractivity contribution in [2.45, 2.75) is 17.9 Å². The number of fused-ring (bicyclic) bond motifs is 1. The number of hydrogen-bond donors (Lipinski definition) is 2. The number of benzene rings is 2. The van der Waals surface area contributed by atoms with Crippen molar-refractivity contribution in [3.8, 4) is 5.75 Å². The molecule has 174 valence electrons. The van der Waals surface area contributed by atoms with Gasteiger partial charge in [0.15, 0.2) is 5.16 Å². The van der Waals surface area contributed by atoms with Crippen LogP contribution in [0, 0.1) is 0 Å². The first kappa shape index (κ1) is 24.1. The molecule has 3 aromatic rings. The van der Waals surface area contributed by atoms with Gasteiger partial charge in [-0.1, -0.05) is 36.0 Å². The van der Waals surface area contributed by atoms with Crippen LogP contribution in [0.2, 0.25) is 0 Å². The van der Waals surface area contributed by atoms with E-state index >= 15 is 0 Å². The number of thioether (sulfide) groups is 1. The van der Waals surface area contributed by atoms with Crippen molar-refractivity contribution in [3.63, 3.8) is 0 Å². The maximum Gasteiger partial charge on any atom is 0.405 e. The van der Waals surface area contributed by atoms with E-state index in [0.29, 0.717) is 16.7 Å². The van der Waals surface area contributed by atoms with Crippen molar-refractivity contribution in [3.05, 3.63) is 64.4 Å². The number of imide groups is 1. The van der Waals surface area contributed by atoms with Gasteiger partial charge in [0.2, 0.25) is 5.91 Å². The number of carbonyl (C=O) groups excluding carboxylic acids is 2. The zero-order valence-electron chi connectivity index (χ0n) is 17.3. The van der Waals surface area contributed by atoms with Crippen molar-refractivity contribution in [2.75, 3.05) is 19.4 Å². The summed E-state index contributed by atoms with van der Waals surface area (Å²) in [6, 6.07) is 12.5. The van der Waals surface area contributed by atoms with Crippen LogP contribution in [0.1, 0.15) is 5.56 Å². The molecule has 1 heterocycles. The SMILES string of the molecule is COc1ccc(Cn2c(SCC(=O)NC(=O)NCC(F)(F)F)nc3ccccc3c2=O)cc1.